The summed E-state index contributed by atoms with van der Waals surface area (Å²) in [5, 5.41) is 3.62. The number of imidazole rings is 1. The van der Waals surface area contributed by atoms with Crippen molar-refractivity contribution in [1.82, 2.24) is 19.7 Å². The Bertz CT molecular complexity index is 711. The summed E-state index contributed by atoms with van der Waals surface area (Å²) in [5.74, 6) is 2.19. The summed E-state index contributed by atoms with van der Waals surface area (Å²) < 4.78 is 8.39. The molecule has 2 heterocycles. The third kappa shape index (κ3) is 2.80. The van der Waals surface area contributed by atoms with Gasteiger partial charge in [0.1, 0.15) is 5.82 Å². The van der Waals surface area contributed by atoms with Gasteiger partial charge in [-0.2, -0.15) is 4.98 Å². The van der Waals surface area contributed by atoms with Gasteiger partial charge in [0, 0.05) is 28.8 Å². The van der Waals surface area contributed by atoms with Crippen molar-refractivity contribution in [1.29, 1.82) is 0 Å². The fourth-order valence-electron chi connectivity index (χ4n) is 2.19. The summed E-state index contributed by atoms with van der Waals surface area (Å²) in [7, 11) is 0. The van der Waals surface area contributed by atoms with Gasteiger partial charge >= 0.3 is 0 Å². The van der Waals surface area contributed by atoms with Crippen LogP contribution in [-0.4, -0.2) is 25.6 Å². The molecule has 0 atom stereocenters. The Labute approximate surface area is 134 Å². The minimum atomic E-state index is 0.557. The zero-order valence-corrected chi connectivity index (χ0v) is 13.5. The van der Waals surface area contributed by atoms with E-state index in [1.165, 1.54) is 9.90 Å². The number of hydrogen-bond donors (Lipinski definition) is 0. The molecular formula is C13H12ClIN4O. The zero-order valence-electron chi connectivity index (χ0n) is 10.6. The summed E-state index contributed by atoms with van der Waals surface area (Å²) in [6.07, 6.45) is 2.85. The molecule has 104 valence electrons. The lowest BCUT2D eigenvalue weighted by molar-refractivity contribution is 0.371. The van der Waals surface area contributed by atoms with Gasteiger partial charge in [-0.05, 0) is 40.8 Å². The van der Waals surface area contributed by atoms with Crippen molar-refractivity contribution in [3.63, 3.8) is 0 Å². The first-order valence-corrected chi connectivity index (χ1v) is 7.85. The highest BCUT2D eigenvalue weighted by atomic mass is 127. The maximum absolute atomic E-state index is 5.87. The minimum absolute atomic E-state index is 0.557. The number of hydrogen-bond acceptors (Lipinski definition) is 4. The molecule has 0 spiro atoms. The lowest BCUT2D eigenvalue weighted by Gasteiger charge is -2.06. The van der Waals surface area contributed by atoms with E-state index >= 15 is 0 Å². The van der Waals surface area contributed by atoms with Crippen LogP contribution in [0.5, 0.6) is 0 Å². The van der Waals surface area contributed by atoms with Gasteiger partial charge in [0.25, 0.3) is 0 Å². The van der Waals surface area contributed by atoms with Gasteiger partial charge in [0.05, 0.1) is 11.0 Å². The lowest BCUT2D eigenvalue weighted by atomic mass is 10.3. The quantitative estimate of drug-likeness (QED) is 0.486. The first kappa shape index (κ1) is 13.8. The van der Waals surface area contributed by atoms with E-state index in [1.807, 2.05) is 0 Å². The highest BCUT2D eigenvalue weighted by Crippen LogP contribution is 2.20. The second kappa shape index (κ2) is 6.09. The van der Waals surface area contributed by atoms with E-state index in [2.05, 4.69) is 60.5 Å². The van der Waals surface area contributed by atoms with Gasteiger partial charge < -0.3 is 9.09 Å². The number of aryl methyl sites for hydroxylation is 3. The standard InChI is InChI=1S/C13H12ClIN4O/c14-5-3-12-18-10-7-9(15)1-2-11(10)19(12)6-4-13-16-8-17-20-13/h1-2,7-8H,3-6H2. The molecule has 2 aromatic heterocycles. The van der Waals surface area contributed by atoms with Gasteiger partial charge in [0.15, 0.2) is 6.33 Å². The van der Waals surface area contributed by atoms with Gasteiger partial charge in [0.2, 0.25) is 5.89 Å². The normalized spacial score (nSPS) is 11.3. The first-order valence-electron chi connectivity index (χ1n) is 6.24. The predicted octanol–water partition coefficient (Wildman–Crippen LogP) is 3.05. The van der Waals surface area contributed by atoms with Crippen LogP contribution in [-0.2, 0) is 19.4 Å². The maximum Gasteiger partial charge on any atom is 0.228 e. The van der Waals surface area contributed by atoms with Crippen LogP contribution in [0.3, 0.4) is 0 Å². The molecule has 0 unspecified atom stereocenters. The predicted molar refractivity (Wildman–Crippen MR) is 84.9 cm³/mol. The van der Waals surface area contributed by atoms with Crippen molar-refractivity contribution < 1.29 is 4.52 Å². The van der Waals surface area contributed by atoms with Crippen molar-refractivity contribution in [2.24, 2.45) is 0 Å². The van der Waals surface area contributed by atoms with E-state index < -0.39 is 0 Å². The Morgan fingerprint density at radius 1 is 1.30 bits per heavy atom. The zero-order chi connectivity index (χ0) is 13.9. The second-order valence-electron chi connectivity index (χ2n) is 4.34. The van der Waals surface area contributed by atoms with Crippen LogP contribution in [0.15, 0.2) is 29.0 Å². The number of halogens is 2. The number of aromatic nitrogens is 4. The number of benzene rings is 1. The highest BCUT2D eigenvalue weighted by molar-refractivity contribution is 14.1. The molecule has 0 fully saturated rings. The monoisotopic (exact) mass is 402 g/mol. The van der Waals surface area contributed by atoms with Gasteiger partial charge in [-0.15, -0.1) is 11.6 Å². The number of rotatable bonds is 5. The number of fused-ring (bicyclic) bond motifs is 1. The van der Waals surface area contributed by atoms with Crippen LogP contribution < -0.4 is 0 Å². The molecule has 20 heavy (non-hydrogen) atoms. The highest BCUT2D eigenvalue weighted by Gasteiger charge is 2.11. The Hall–Kier alpha value is -1.15. The molecule has 0 N–H and O–H groups in total. The van der Waals surface area contributed by atoms with Crippen molar-refractivity contribution >= 4 is 45.2 Å². The van der Waals surface area contributed by atoms with Gasteiger partial charge in [-0.1, -0.05) is 5.16 Å². The van der Waals surface area contributed by atoms with Crippen LogP contribution in [0.1, 0.15) is 11.7 Å². The van der Waals surface area contributed by atoms with Crippen molar-refractivity contribution in [2.45, 2.75) is 19.4 Å². The Morgan fingerprint density at radius 3 is 2.95 bits per heavy atom. The molecule has 0 saturated heterocycles. The lowest BCUT2D eigenvalue weighted by Crippen LogP contribution is -2.07. The second-order valence-corrected chi connectivity index (χ2v) is 5.96. The average molecular weight is 403 g/mol. The van der Waals surface area contributed by atoms with E-state index in [9.17, 15) is 0 Å². The fourth-order valence-corrected chi connectivity index (χ4v) is 2.84. The molecule has 0 aliphatic heterocycles. The molecule has 5 nitrogen and oxygen atoms in total. The molecule has 0 aliphatic rings. The van der Waals surface area contributed by atoms with Crippen LogP contribution in [0.2, 0.25) is 0 Å². The molecule has 3 rings (SSSR count). The third-order valence-corrected chi connectivity index (χ3v) is 3.92. The summed E-state index contributed by atoms with van der Waals surface area (Å²) in [6.45, 7) is 0.755. The van der Waals surface area contributed by atoms with Crippen LogP contribution >= 0.6 is 34.2 Å². The topological polar surface area (TPSA) is 56.7 Å². The van der Waals surface area contributed by atoms with Crippen LogP contribution in [0.25, 0.3) is 11.0 Å². The maximum atomic E-state index is 5.87. The summed E-state index contributed by atoms with van der Waals surface area (Å²) in [6, 6.07) is 6.25. The van der Waals surface area contributed by atoms with Gasteiger partial charge in [-0.3, -0.25) is 0 Å². The molecule has 0 bridgehead atoms. The average Bonchev–Trinajstić information content (AvgIpc) is 3.04. The van der Waals surface area contributed by atoms with Crippen LogP contribution in [0, 0.1) is 3.57 Å². The number of nitrogens with zero attached hydrogens (tertiary/aromatic N) is 4. The molecule has 1 aromatic carbocycles. The third-order valence-electron chi connectivity index (χ3n) is 3.06. The Balaban J connectivity index is 1.95. The smallest absolute Gasteiger partial charge is 0.228 e. The summed E-state index contributed by atoms with van der Waals surface area (Å²) in [4.78, 5) is 8.72. The van der Waals surface area contributed by atoms with Gasteiger partial charge in [-0.25, -0.2) is 4.98 Å². The molecule has 0 saturated carbocycles. The summed E-state index contributed by atoms with van der Waals surface area (Å²) in [5.41, 5.74) is 2.12. The Kier molecular flexibility index (Phi) is 4.21. The molecular weight excluding hydrogens is 391 g/mol. The van der Waals surface area contributed by atoms with Crippen molar-refractivity contribution in [3.05, 3.63) is 39.8 Å². The molecule has 0 aliphatic carbocycles. The molecule has 7 heteroatoms. The molecule has 0 amide bonds. The van der Waals surface area contributed by atoms with E-state index in [4.69, 9.17) is 16.1 Å². The van der Waals surface area contributed by atoms with E-state index in [0.29, 0.717) is 18.2 Å². The fraction of sp³-hybridized carbons (Fsp3) is 0.308. The van der Waals surface area contributed by atoms with E-state index in [-0.39, 0.29) is 0 Å². The molecule has 0 radical (unpaired) electrons. The first-order chi connectivity index (χ1) is 9.78. The van der Waals surface area contributed by atoms with E-state index in [0.717, 1.165) is 29.8 Å². The SMILES string of the molecule is ClCCc1nc2cc(I)ccc2n1CCc1ncno1. The largest absolute Gasteiger partial charge is 0.340 e. The van der Waals surface area contributed by atoms with E-state index in [1.54, 1.807) is 0 Å². The van der Waals surface area contributed by atoms with Crippen LogP contribution in [0.4, 0.5) is 0 Å². The van der Waals surface area contributed by atoms with Crippen molar-refractivity contribution in [3.8, 4) is 0 Å². The summed E-state index contributed by atoms with van der Waals surface area (Å²) >= 11 is 8.16. The molecule has 3 aromatic rings. The number of alkyl halides is 1. The minimum Gasteiger partial charge on any atom is -0.340 e. The Morgan fingerprint density at radius 2 is 2.20 bits per heavy atom. The van der Waals surface area contributed by atoms with Crippen molar-refractivity contribution in [2.75, 3.05) is 5.88 Å².